The van der Waals surface area contributed by atoms with Crippen molar-refractivity contribution in [3.8, 4) is 0 Å². The predicted octanol–water partition coefficient (Wildman–Crippen LogP) is 3.62. The summed E-state index contributed by atoms with van der Waals surface area (Å²) >= 11 is 0. The summed E-state index contributed by atoms with van der Waals surface area (Å²) in [7, 11) is 1.60. The van der Waals surface area contributed by atoms with Crippen molar-refractivity contribution in [2.45, 2.75) is 52.4 Å². The van der Waals surface area contributed by atoms with E-state index in [1.54, 1.807) is 7.11 Å². The number of rotatable bonds is 8. The van der Waals surface area contributed by atoms with Crippen molar-refractivity contribution in [3.05, 3.63) is 0 Å². The van der Waals surface area contributed by atoms with Gasteiger partial charge in [-0.25, -0.2) is 0 Å². The molecule has 0 saturated heterocycles. The third-order valence-corrected chi connectivity index (χ3v) is 2.23. The minimum Gasteiger partial charge on any atom is -0.399 e. The summed E-state index contributed by atoms with van der Waals surface area (Å²) in [6.07, 6.45) is 9.60. The van der Waals surface area contributed by atoms with Gasteiger partial charge in [0.25, 0.3) is 0 Å². The molecule has 0 atom stereocenters. The first-order valence-corrected chi connectivity index (χ1v) is 5.41. The van der Waals surface area contributed by atoms with Crippen LogP contribution in [0.2, 0.25) is 0 Å². The maximum Gasteiger partial charge on any atom is 0.106 e. The molecule has 0 aromatic rings. The topological polar surface area (TPSA) is 21.6 Å². The van der Waals surface area contributed by atoms with Gasteiger partial charge in [-0.2, -0.15) is 0 Å². The molecule has 0 aliphatic heterocycles. The highest BCUT2D eigenvalue weighted by atomic mass is 16.6. The van der Waals surface area contributed by atoms with E-state index in [0.717, 1.165) is 0 Å². The largest absolute Gasteiger partial charge is 0.399 e. The molecule has 0 bridgehead atoms. The van der Waals surface area contributed by atoms with E-state index in [1.165, 1.54) is 38.5 Å². The average molecular weight is 185 g/mol. The Bertz CT molecular complexity index is 115. The zero-order valence-electron chi connectivity index (χ0n) is 9.25. The van der Waals surface area contributed by atoms with Gasteiger partial charge in [0, 0.05) is 6.21 Å². The second-order valence-corrected chi connectivity index (χ2v) is 3.48. The van der Waals surface area contributed by atoms with E-state index < -0.39 is 0 Å². The number of hydrogen-bond donors (Lipinski definition) is 0. The van der Waals surface area contributed by atoms with Crippen molar-refractivity contribution >= 4 is 6.21 Å². The first kappa shape index (κ1) is 12.5. The molecule has 2 heteroatoms. The Kier molecular flexibility index (Phi) is 9.17. The minimum atomic E-state index is 0.625. The molecule has 0 fully saturated rings. The number of unbranched alkanes of at least 4 members (excludes halogenated alkanes) is 2. The third-order valence-electron chi connectivity index (χ3n) is 2.23. The maximum absolute atomic E-state index is 4.70. The monoisotopic (exact) mass is 185 g/mol. The quantitative estimate of drug-likeness (QED) is 0.418. The standard InChI is InChI=1S/C11H23NO/c1-4-6-8-11(9-7-5-2)10-12-13-3/h10-11H,4-9H2,1-3H3. The highest BCUT2D eigenvalue weighted by Gasteiger charge is 2.04. The lowest BCUT2D eigenvalue weighted by Gasteiger charge is -2.09. The van der Waals surface area contributed by atoms with Gasteiger partial charge >= 0.3 is 0 Å². The summed E-state index contributed by atoms with van der Waals surface area (Å²) in [4.78, 5) is 4.70. The van der Waals surface area contributed by atoms with Gasteiger partial charge in [-0.1, -0.05) is 44.7 Å². The molecule has 0 saturated carbocycles. The molecule has 0 unspecified atom stereocenters. The summed E-state index contributed by atoms with van der Waals surface area (Å²) < 4.78 is 0. The minimum absolute atomic E-state index is 0.625. The highest BCUT2D eigenvalue weighted by Crippen LogP contribution is 2.13. The van der Waals surface area contributed by atoms with Crippen molar-refractivity contribution in [1.82, 2.24) is 0 Å². The molecule has 2 nitrogen and oxygen atoms in total. The summed E-state index contributed by atoms with van der Waals surface area (Å²) in [6.45, 7) is 4.45. The Labute approximate surface area is 82.4 Å². The highest BCUT2D eigenvalue weighted by molar-refractivity contribution is 5.59. The van der Waals surface area contributed by atoms with E-state index in [4.69, 9.17) is 4.84 Å². The Morgan fingerprint density at radius 2 is 1.69 bits per heavy atom. The molecule has 0 N–H and O–H groups in total. The van der Waals surface area contributed by atoms with Crippen LogP contribution in [0.5, 0.6) is 0 Å². The molecule has 13 heavy (non-hydrogen) atoms. The van der Waals surface area contributed by atoms with Gasteiger partial charge in [-0.3, -0.25) is 0 Å². The summed E-state index contributed by atoms with van der Waals surface area (Å²) in [6, 6.07) is 0. The molecule has 0 aromatic carbocycles. The molecule has 0 aromatic heterocycles. The Morgan fingerprint density at radius 1 is 1.15 bits per heavy atom. The fourth-order valence-corrected chi connectivity index (χ4v) is 1.37. The lowest BCUT2D eigenvalue weighted by molar-refractivity contribution is 0.212. The lowest BCUT2D eigenvalue weighted by atomic mass is 9.97. The van der Waals surface area contributed by atoms with E-state index in [1.807, 2.05) is 6.21 Å². The fourth-order valence-electron chi connectivity index (χ4n) is 1.37. The molecule has 0 aliphatic carbocycles. The second-order valence-electron chi connectivity index (χ2n) is 3.48. The van der Waals surface area contributed by atoms with Crippen LogP contribution < -0.4 is 0 Å². The Morgan fingerprint density at radius 3 is 2.08 bits per heavy atom. The molecule has 0 radical (unpaired) electrons. The summed E-state index contributed by atoms with van der Waals surface area (Å²) in [5.74, 6) is 0.625. The van der Waals surface area contributed by atoms with E-state index in [2.05, 4.69) is 19.0 Å². The van der Waals surface area contributed by atoms with E-state index in [9.17, 15) is 0 Å². The number of hydrogen-bond acceptors (Lipinski definition) is 2. The smallest absolute Gasteiger partial charge is 0.106 e. The second kappa shape index (κ2) is 9.56. The predicted molar refractivity (Wildman–Crippen MR) is 58.0 cm³/mol. The van der Waals surface area contributed by atoms with Crippen molar-refractivity contribution < 1.29 is 4.84 Å². The van der Waals surface area contributed by atoms with Crippen LogP contribution in [0.15, 0.2) is 5.16 Å². The van der Waals surface area contributed by atoms with Crippen molar-refractivity contribution in [2.24, 2.45) is 11.1 Å². The lowest BCUT2D eigenvalue weighted by Crippen LogP contribution is -2.02. The van der Waals surface area contributed by atoms with Gasteiger partial charge in [0.05, 0.1) is 0 Å². The van der Waals surface area contributed by atoms with E-state index in [0.29, 0.717) is 5.92 Å². The Balaban J connectivity index is 3.66. The van der Waals surface area contributed by atoms with Crippen LogP contribution >= 0.6 is 0 Å². The van der Waals surface area contributed by atoms with Gasteiger partial charge in [0.2, 0.25) is 0 Å². The van der Waals surface area contributed by atoms with Crippen LogP contribution in [0.25, 0.3) is 0 Å². The third kappa shape index (κ3) is 7.82. The van der Waals surface area contributed by atoms with Gasteiger partial charge in [0.1, 0.15) is 7.11 Å². The molecule has 0 heterocycles. The van der Waals surface area contributed by atoms with Gasteiger partial charge in [0.15, 0.2) is 0 Å². The van der Waals surface area contributed by atoms with Crippen LogP contribution in [0.1, 0.15) is 52.4 Å². The molecule has 0 rings (SSSR count). The molecule has 0 aliphatic rings. The maximum atomic E-state index is 4.70. The van der Waals surface area contributed by atoms with E-state index in [-0.39, 0.29) is 0 Å². The van der Waals surface area contributed by atoms with Crippen LogP contribution in [-0.4, -0.2) is 13.3 Å². The molecule has 0 amide bonds. The fraction of sp³-hybridized carbons (Fsp3) is 0.909. The van der Waals surface area contributed by atoms with Crippen molar-refractivity contribution in [3.63, 3.8) is 0 Å². The first-order chi connectivity index (χ1) is 6.35. The van der Waals surface area contributed by atoms with Crippen molar-refractivity contribution in [1.29, 1.82) is 0 Å². The van der Waals surface area contributed by atoms with Gasteiger partial charge in [-0.15, -0.1) is 0 Å². The average Bonchev–Trinajstić information content (AvgIpc) is 2.17. The van der Waals surface area contributed by atoms with Crippen LogP contribution in [0.4, 0.5) is 0 Å². The zero-order chi connectivity index (χ0) is 9.94. The SMILES string of the molecule is CCCCC(C=NOC)CCCC. The normalized spacial score (nSPS) is 11.4. The molecular weight excluding hydrogens is 162 g/mol. The van der Waals surface area contributed by atoms with Gasteiger partial charge in [-0.05, 0) is 18.8 Å². The van der Waals surface area contributed by atoms with Gasteiger partial charge < -0.3 is 4.84 Å². The number of oxime groups is 1. The number of nitrogens with zero attached hydrogens (tertiary/aromatic N) is 1. The molecule has 0 spiro atoms. The van der Waals surface area contributed by atoms with Crippen LogP contribution in [0.3, 0.4) is 0 Å². The summed E-state index contributed by atoms with van der Waals surface area (Å²) in [5, 5.41) is 3.85. The van der Waals surface area contributed by atoms with Crippen molar-refractivity contribution in [2.75, 3.05) is 7.11 Å². The first-order valence-electron chi connectivity index (χ1n) is 5.41. The molecular formula is C11H23NO. The summed E-state index contributed by atoms with van der Waals surface area (Å²) in [5.41, 5.74) is 0. The Hall–Kier alpha value is -0.530. The van der Waals surface area contributed by atoms with E-state index >= 15 is 0 Å². The molecule has 78 valence electrons. The zero-order valence-corrected chi connectivity index (χ0v) is 9.25. The van der Waals surface area contributed by atoms with Crippen LogP contribution in [0, 0.1) is 5.92 Å². The van der Waals surface area contributed by atoms with Crippen LogP contribution in [-0.2, 0) is 4.84 Å².